The first-order chi connectivity index (χ1) is 10.7. The van der Waals surface area contributed by atoms with Crippen molar-refractivity contribution in [1.82, 2.24) is 4.90 Å². The molecule has 0 spiro atoms. The molecule has 0 radical (unpaired) electrons. The molecule has 0 atom stereocenters. The third kappa shape index (κ3) is 3.77. The minimum atomic E-state index is -3.70. The van der Waals surface area contributed by atoms with Crippen LogP contribution >= 0.6 is 0 Å². The number of nitro benzene ring substituents is 1. The van der Waals surface area contributed by atoms with E-state index in [4.69, 9.17) is 4.74 Å². The van der Waals surface area contributed by atoms with Gasteiger partial charge in [0.2, 0.25) is 10.0 Å². The summed E-state index contributed by atoms with van der Waals surface area (Å²) in [5.74, 6) is -0.314. The lowest BCUT2D eigenvalue weighted by molar-refractivity contribution is -0.384. The number of carbonyl (C=O) groups is 1. The molecule has 0 aliphatic carbocycles. The van der Waals surface area contributed by atoms with Gasteiger partial charge >= 0.3 is 0 Å². The number of carbonyl (C=O) groups excluding carboxylic acids is 1. The Labute approximate surface area is 133 Å². The summed E-state index contributed by atoms with van der Waals surface area (Å²) in [6.07, 6.45) is 0.938. The van der Waals surface area contributed by atoms with E-state index in [1.54, 1.807) is 4.90 Å². The number of anilines is 1. The van der Waals surface area contributed by atoms with Crippen molar-refractivity contribution < 1.29 is 22.9 Å². The van der Waals surface area contributed by atoms with Crippen LogP contribution < -0.4 is 4.31 Å². The van der Waals surface area contributed by atoms with Gasteiger partial charge in [0.05, 0.1) is 24.4 Å². The number of hydrogen-bond donors (Lipinski definition) is 0. The van der Waals surface area contributed by atoms with Crippen LogP contribution in [0.5, 0.6) is 0 Å². The average molecular weight is 343 g/mol. The molecule has 1 aromatic carbocycles. The van der Waals surface area contributed by atoms with Gasteiger partial charge in [-0.25, -0.2) is 8.42 Å². The van der Waals surface area contributed by atoms with E-state index in [9.17, 15) is 23.3 Å². The van der Waals surface area contributed by atoms with E-state index in [1.165, 1.54) is 19.2 Å². The minimum absolute atomic E-state index is 0.142. The molecule has 0 unspecified atom stereocenters. The van der Waals surface area contributed by atoms with Crippen molar-refractivity contribution in [3.8, 4) is 0 Å². The van der Waals surface area contributed by atoms with Crippen LogP contribution in [0.4, 0.5) is 11.4 Å². The highest BCUT2D eigenvalue weighted by Crippen LogP contribution is 2.30. The monoisotopic (exact) mass is 343 g/mol. The van der Waals surface area contributed by atoms with Gasteiger partial charge < -0.3 is 9.64 Å². The average Bonchev–Trinajstić information content (AvgIpc) is 2.52. The van der Waals surface area contributed by atoms with Gasteiger partial charge in [0.15, 0.2) is 0 Å². The predicted octanol–water partition coefficient (Wildman–Crippen LogP) is 0.463. The Hall–Kier alpha value is -2.20. The molecule has 1 aromatic rings. The maximum Gasteiger partial charge on any atom is 0.293 e. The summed E-state index contributed by atoms with van der Waals surface area (Å²) in [7, 11) is -2.49. The quantitative estimate of drug-likeness (QED) is 0.580. The van der Waals surface area contributed by atoms with Gasteiger partial charge in [-0.1, -0.05) is 0 Å². The smallest absolute Gasteiger partial charge is 0.293 e. The molecule has 2 rings (SSSR count). The molecule has 9 nitrogen and oxygen atoms in total. The van der Waals surface area contributed by atoms with Gasteiger partial charge in [-0.2, -0.15) is 0 Å². The second-order valence-corrected chi connectivity index (χ2v) is 7.11. The van der Waals surface area contributed by atoms with Crippen LogP contribution in [-0.2, 0) is 14.8 Å². The van der Waals surface area contributed by atoms with Crippen LogP contribution in [0.25, 0.3) is 0 Å². The molecule has 0 saturated carbocycles. The lowest BCUT2D eigenvalue weighted by atomic mass is 10.1. The topological polar surface area (TPSA) is 110 Å². The number of nitrogens with zero attached hydrogens (tertiary/aromatic N) is 3. The summed E-state index contributed by atoms with van der Waals surface area (Å²) in [6, 6.07) is 3.71. The largest absolute Gasteiger partial charge is 0.378 e. The van der Waals surface area contributed by atoms with E-state index in [-0.39, 0.29) is 22.8 Å². The second kappa shape index (κ2) is 6.50. The summed E-state index contributed by atoms with van der Waals surface area (Å²) in [5, 5.41) is 11.1. The number of rotatable bonds is 4. The van der Waals surface area contributed by atoms with E-state index in [0.717, 1.165) is 16.6 Å². The Morgan fingerprint density at radius 2 is 1.96 bits per heavy atom. The van der Waals surface area contributed by atoms with Crippen LogP contribution in [0.15, 0.2) is 18.2 Å². The molecule has 1 heterocycles. The van der Waals surface area contributed by atoms with Crippen molar-refractivity contribution in [3.63, 3.8) is 0 Å². The third-order valence-electron chi connectivity index (χ3n) is 3.55. The molecule has 1 aliphatic heterocycles. The van der Waals surface area contributed by atoms with Gasteiger partial charge in [0.25, 0.3) is 11.6 Å². The fraction of sp³-hybridized carbons (Fsp3) is 0.462. The lowest BCUT2D eigenvalue weighted by Gasteiger charge is -2.27. The van der Waals surface area contributed by atoms with Crippen LogP contribution in [0, 0.1) is 10.1 Å². The van der Waals surface area contributed by atoms with Crippen molar-refractivity contribution >= 4 is 27.3 Å². The summed E-state index contributed by atoms with van der Waals surface area (Å²) < 4.78 is 29.3. The molecule has 1 aliphatic rings. The van der Waals surface area contributed by atoms with Crippen LogP contribution in [-0.4, -0.2) is 63.8 Å². The van der Waals surface area contributed by atoms with Gasteiger partial charge in [-0.15, -0.1) is 0 Å². The zero-order valence-corrected chi connectivity index (χ0v) is 13.6. The first kappa shape index (κ1) is 17.2. The number of ether oxygens (including phenoxy) is 1. The zero-order valence-electron chi connectivity index (χ0n) is 12.8. The van der Waals surface area contributed by atoms with Crippen LogP contribution in [0.2, 0.25) is 0 Å². The predicted molar refractivity (Wildman–Crippen MR) is 83.1 cm³/mol. The number of hydrogen-bond acceptors (Lipinski definition) is 6. The highest BCUT2D eigenvalue weighted by atomic mass is 32.2. The summed E-state index contributed by atoms with van der Waals surface area (Å²) >= 11 is 0. The number of sulfonamides is 1. The Bertz CT molecular complexity index is 727. The Morgan fingerprint density at radius 3 is 2.48 bits per heavy atom. The minimum Gasteiger partial charge on any atom is -0.378 e. The molecule has 126 valence electrons. The van der Waals surface area contributed by atoms with Crippen LogP contribution in [0.1, 0.15) is 10.4 Å². The molecular weight excluding hydrogens is 326 g/mol. The van der Waals surface area contributed by atoms with E-state index in [1.807, 2.05) is 0 Å². The summed E-state index contributed by atoms with van der Waals surface area (Å²) in [5.41, 5.74) is -0.323. The van der Waals surface area contributed by atoms with Gasteiger partial charge in [0, 0.05) is 31.8 Å². The lowest BCUT2D eigenvalue weighted by Crippen LogP contribution is -2.40. The molecule has 10 heteroatoms. The summed E-state index contributed by atoms with van der Waals surface area (Å²) in [4.78, 5) is 24.4. The molecule has 1 fully saturated rings. The van der Waals surface area contributed by atoms with E-state index < -0.39 is 14.9 Å². The highest BCUT2D eigenvalue weighted by Gasteiger charge is 2.26. The number of amides is 1. The molecular formula is C13H17N3O6S. The summed E-state index contributed by atoms with van der Waals surface area (Å²) in [6.45, 7) is 1.70. The van der Waals surface area contributed by atoms with E-state index in [0.29, 0.717) is 26.3 Å². The molecule has 1 saturated heterocycles. The van der Waals surface area contributed by atoms with Gasteiger partial charge in [0.1, 0.15) is 5.69 Å². The first-order valence-corrected chi connectivity index (χ1v) is 8.66. The Kier molecular flexibility index (Phi) is 4.85. The van der Waals surface area contributed by atoms with Crippen molar-refractivity contribution in [2.45, 2.75) is 0 Å². The van der Waals surface area contributed by atoms with E-state index in [2.05, 4.69) is 0 Å². The zero-order chi connectivity index (χ0) is 17.2. The fourth-order valence-corrected chi connectivity index (χ4v) is 2.69. The third-order valence-corrected chi connectivity index (χ3v) is 4.75. The first-order valence-electron chi connectivity index (χ1n) is 6.81. The van der Waals surface area contributed by atoms with Crippen molar-refractivity contribution in [3.05, 3.63) is 33.9 Å². The van der Waals surface area contributed by atoms with Gasteiger partial charge in [-0.3, -0.25) is 19.2 Å². The van der Waals surface area contributed by atoms with Crippen LogP contribution in [0.3, 0.4) is 0 Å². The normalized spacial score (nSPS) is 15.3. The maximum atomic E-state index is 12.4. The Balaban J connectivity index is 2.43. The molecule has 0 bridgehead atoms. The van der Waals surface area contributed by atoms with E-state index >= 15 is 0 Å². The van der Waals surface area contributed by atoms with Crippen molar-refractivity contribution in [1.29, 1.82) is 0 Å². The SMILES string of the molecule is CN(c1cc(C(=O)N2CCOCC2)ccc1[N+](=O)[O-])S(C)(=O)=O. The fourth-order valence-electron chi connectivity index (χ4n) is 2.19. The number of morpholine rings is 1. The van der Waals surface area contributed by atoms with Gasteiger partial charge in [-0.05, 0) is 12.1 Å². The molecule has 23 heavy (non-hydrogen) atoms. The molecule has 1 amide bonds. The van der Waals surface area contributed by atoms with Crippen molar-refractivity contribution in [2.24, 2.45) is 0 Å². The number of benzene rings is 1. The highest BCUT2D eigenvalue weighted by molar-refractivity contribution is 7.92. The number of nitro groups is 1. The second-order valence-electron chi connectivity index (χ2n) is 5.10. The standard InChI is InChI=1S/C13H17N3O6S/c1-14(23(2,20)21)12-9-10(3-4-11(12)16(18)19)13(17)15-5-7-22-8-6-15/h3-4,9H,5-8H2,1-2H3. The molecule has 0 aromatic heterocycles. The maximum absolute atomic E-state index is 12.4. The Morgan fingerprint density at radius 1 is 1.35 bits per heavy atom. The molecule has 0 N–H and O–H groups in total. The van der Waals surface area contributed by atoms with Crippen molar-refractivity contribution in [2.75, 3.05) is 43.9 Å².